The summed E-state index contributed by atoms with van der Waals surface area (Å²) in [5.41, 5.74) is 2.87. The average Bonchev–Trinajstić information content (AvgIpc) is 3.03. The third-order valence-electron chi connectivity index (χ3n) is 4.75. The molecule has 1 fully saturated rings. The number of esters is 1. The molecule has 1 aromatic rings. The maximum Gasteiger partial charge on any atom is 0.335 e. The van der Waals surface area contributed by atoms with E-state index in [4.69, 9.17) is 9.47 Å². The number of allylic oxidation sites excluding steroid dienone is 1. The second-order valence-electron chi connectivity index (χ2n) is 6.33. The lowest BCUT2D eigenvalue weighted by molar-refractivity contribution is -0.140. The van der Waals surface area contributed by atoms with E-state index in [0.29, 0.717) is 13.0 Å². The maximum atomic E-state index is 12.4. The summed E-state index contributed by atoms with van der Waals surface area (Å²) in [6.07, 6.45) is 4.63. The minimum atomic E-state index is -0.197. The van der Waals surface area contributed by atoms with Crippen LogP contribution in [-0.2, 0) is 20.8 Å². The summed E-state index contributed by atoms with van der Waals surface area (Å²) in [6.45, 7) is 3.79. The first-order valence-corrected chi connectivity index (χ1v) is 8.53. The molecular weight excluding hydrogens is 290 g/mol. The lowest BCUT2D eigenvalue weighted by Gasteiger charge is -2.35. The zero-order chi connectivity index (χ0) is 16.1. The number of ether oxygens (including phenoxy) is 2. The van der Waals surface area contributed by atoms with E-state index in [1.165, 1.54) is 5.56 Å². The molecule has 1 aromatic carbocycles. The highest BCUT2D eigenvalue weighted by Crippen LogP contribution is 2.41. The van der Waals surface area contributed by atoms with E-state index in [-0.39, 0.29) is 11.6 Å². The Hall–Kier alpha value is -1.81. The molecule has 4 nitrogen and oxygen atoms in total. The molecule has 1 aliphatic heterocycles. The molecule has 1 aliphatic carbocycles. The van der Waals surface area contributed by atoms with Gasteiger partial charge in [-0.05, 0) is 38.2 Å². The van der Waals surface area contributed by atoms with E-state index in [1.54, 1.807) is 0 Å². The highest BCUT2D eigenvalue weighted by molar-refractivity contribution is 5.89. The minimum absolute atomic E-state index is 0.139. The van der Waals surface area contributed by atoms with Crippen LogP contribution in [0.15, 0.2) is 41.6 Å². The van der Waals surface area contributed by atoms with Gasteiger partial charge >= 0.3 is 5.97 Å². The fourth-order valence-corrected chi connectivity index (χ4v) is 3.53. The van der Waals surface area contributed by atoms with Gasteiger partial charge in [0.25, 0.3) is 0 Å². The molecule has 3 rings (SSSR count). The fourth-order valence-electron chi connectivity index (χ4n) is 3.53. The van der Waals surface area contributed by atoms with Gasteiger partial charge < -0.3 is 14.8 Å². The van der Waals surface area contributed by atoms with E-state index in [0.717, 1.165) is 50.1 Å². The summed E-state index contributed by atoms with van der Waals surface area (Å²) in [7, 11) is 0. The van der Waals surface area contributed by atoms with Gasteiger partial charge in [-0.25, -0.2) is 4.79 Å². The normalized spacial score (nSPS) is 24.0. The Morgan fingerprint density at radius 3 is 2.83 bits per heavy atom. The summed E-state index contributed by atoms with van der Waals surface area (Å²) in [6, 6.07) is 10.2. The second-order valence-corrected chi connectivity index (χ2v) is 6.33. The molecule has 0 aromatic heterocycles. The van der Waals surface area contributed by atoms with Crippen molar-refractivity contribution in [1.29, 1.82) is 0 Å². The molecule has 2 aliphatic rings. The predicted octanol–water partition coefficient (Wildman–Crippen LogP) is 3.33. The Balaban J connectivity index is 1.76. The van der Waals surface area contributed by atoms with Crippen LogP contribution in [0, 0.1) is 0 Å². The Labute approximate surface area is 137 Å². The molecule has 1 saturated heterocycles. The zero-order valence-corrected chi connectivity index (χ0v) is 13.8. The highest BCUT2D eigenvalue weighted by Gasteiger charge is 2.41. The molecule has 4 heteroatoms. The van der Waals surface area contributed by atoms with Crippen LogP contribution < -0.4 is 5.32 Å². The monoisotopic (exact) mass is 315 g/mol. The predicted molar refractivity (Wildman–Crippen MR) is 88.7 cm³/mol. The summed E-state index contributed by atoms with van der Waals surface area (Å²) in [4.78, 5) is 12.4. The van der Waals surface area contributed by atoms with Crippen LogP contribution in [-0.4, -0.2) is 24.8 Å². The van der Waals surface area contributed by atoms with E-state index < -0.39 is 0 Å². The van der Waals surface area contributed by atoms with Gasteiger partial charge in [-0.15, -0.1) is 0 Å². The van der Waals surface area contributed by atoms with Crippen LogP contribution >= 0.6 is 0 Å². The SMILES string of the molecule is CCOC(=O)C1=C(NCc2ccccc2)CCC2(CCCO2)C1. The summed E-state index contributed by atoms with van der Waals surface area (Å²) in [5, 5.41) is 3.46. The number of hydrogen-bond acceptors (Lipinski definition) is 4. The van der Waals surface area contributed by atoms with Crippen molar-refractivity contribution in [1.82, 2.24) is 5.32 Å². The van der Waals surface area contributed by atoms with Gasteiger partial charge in [0.1, 0.15) is 0 Å². The molecule has 1 atom stereocenters. The first kappa shape index (κ1) is 16.1. The van der Waals surface area contributed by atoms with Crippen molar-refractivity contribution in [2.45, 2.75) is 51.2 Å². The Morgan fingerprint density at radius 2 is 2.13 bits per heavy atom. The third kappa shape index (κ3) is 3.75. The number of hydrogen-bond donors (Lipinski definition) is 1. The van der Waals surface area contributed by atoms with Crippen LogP contribution in [0.3, 0.4) is 0 Å². The van der Waals surface area contributed by atoms with Gasteiger partial charge in [0.15, 0.2) is 0 Å². The first-order chi connectivity index (χ1) is 11.2. The van der Waals surface area contributed by atoms with E-state index in [1.807, 2.05) is 25.1 Å². The van der Waals surface area contributed by atoms with Gasteiger partial charge in [-0.1, -0.05) is 30.3 Å². The Bertz CT molecular complexity index is 574. The van der Waals surface area contributed by atoms with Gasteiger partial charge in [0.05, 0.1) is 17.8 Å². The van der Waals surface area contributed by atoms with Crippen molar-refractivity contribution in [2.24, 2.45) is 0 Å². The van der Waals surface area contributed by atoms with E-state index in [2.05, 4.69) is 17.4 Å². The molecular formula is C19H25NO3. The number of carbonyl (C=O) groups is 1. The molecule has 1 heterocycles. The van der Waals surface area contributed by atoms with Crippen LogP contribution in [0.2, 0.25) is 0 Å². The van der Waals surface area contributed by atoms with Gasteiger partial charge in [0.2, 0.25) is 0 Å². The van der Waals surface area contributed by atoms with Crippen LogP contribution in [0.5, 0.6) is 0 Å². The smallest absolute Gasteiger partial charge is 0.335 e. The lowest BCUT2D eigenvalue weighted by Crippen LogP contribution is -2.36. The fraction of sp³-hybridized carbons (Fsp3) is 0.526. The first-order valence-electron chi connectivity index (χ1n) is 8.53. The zero-order valence-electron chi connectivity index (χ0n) is 13.8. The van der Waals surface area contributed by atoms with Gasteiger partial charge in [0, 0.05) is 25.3 Å². The molecule has 1 spiro atoms. The topological polar surface area (TPSA) is 47.6 Å². The Kier molecular flexibility index (Phi) is 5.01. The average molecular weight is 315 g/mol. The molecule has 0 radical (unpaired) electrons. The van der Waals surface area contributed by atoms with E-state index >= 15 is 0 Å². The van der Waals surface area contributed by atoms with Gasteiger partial charge in [-0.2, -0.15) is 0 Å². The molecule has 1 N–H and O–H groups in total. The molecule has 124 valence electrons. The second kappa shape index (κ2) is 7.18. The lowest BCUT2D eigenvalue weighted by atomic mass is 9.81. The van der Waals surface area contributed by atoms with Crippen LogP contribution in [0.1, 0.15) is 44.6 Å². The third-order valence-corrected chi connectivity index (χ3v) is 4.75. The summed E-state index contributed by atoms with van der Waals surface area (Å²) in [5.74, 6) is -0.197. The number of carbonyl (C=O) groups excluding carboxylic acids is 1. The molecule has 23 heavy (non-hydrogen) atoms. The maximum absolute atomic E-state index is 12.4. The quantitative estimate of drug-likeness (QED) is 0.847. The van der Waals surface area contributed by atoms with Crippen molar-refractivity contribution in [3.8, 4) is 0 Å². The van der Waals surface area contributed by atoms with Crippen molar-refractivity contribution in [3.63, 3.8) is 0 Å². The number of nitrogens with one attached hydrogen (secondary N) is 1. The van der Waals surface area contributed by atoms with Crippen molar-refractivity contribution < 1.29 is 14.3 Å². The molecule has 0 bridgehead atoms. The minimum Gasteiger partial charge on any atom is -0.463 e. The molecule has 0 saturated carbocycles. The molecule has 0 amide bonds. The van der Waals surface area contributed by atoms with Crippen molar-refractivity contribution in [2.75, 3.05) is 13.2 Å². The standard InChI is InChI=1S/C19H25NO3/c1-2-22-18(21)16-13-19(10-6-12-23-19)11-9-17(16)20-14-15-7-4-3-5-8-15/h3-5,7-8,20H,2,6,9-14H2,1H3. The molecule has 1 unspecified atom stereocenters. The number of benzene rings is 1. The summed E-state index contributed by atoms with van der Waals surface area (Å²) >= 11 is 0. The summed E-state index contributed by atoms with van der Waals surface area (Å²) < 4.78 is 11.3. The van der Waals surface area contributed by atoms with Crippen LogP contribution in [0.25, 0.3) is 0 Å². The van der Waals surface area contributed by atoms with Crippen molar-refractivity contribution >= 4 is 5.97 Å². The highest BCUT2D eigenvalue weighted by atomic mass is 16.5. The van der Waals surface area contributed by atoms with E-state index in [9.17, 15) is 4.79 Å². The van der Waals surface area contributed by atoms with Crippen LogP contribution in [0.4, 0.5) is 0 Å². The number of rotatable bonds is 5. The largest absolute Gasteiger partial charge is 0.463 e. The Morgan fingerprint density at radius 1 is 1.30 bits per heavy atom. The van der Waals surface area contributed by atoms with Crippen molar-refractivity contribution in [3.05, 3.63) is 47.2 Å². The van der Waals surface area contributed by atoms with Gasteiger partial charge in [-0.3, -0.25) is 0 Å².